The molecule has 0 unspecified atom stereocenters. The van der Waals surface area contributed by atoms with Crippen molar-refractivity contribution in [3.63, 3.8) is 0 Å². The van der Waals surface area contributed by atoms with Gasteiger partial charge in [-0.25, -0.2) is 14.6 Å². The van der Waals surface area contributed by atoms with Gasteiger partial charge < -0.3 is 36.8 Å². The van der Waals surface area contributed by atoms with Crippen LogP contribution in [-0.2, 0) is 14.3 Å². The first kappa shape index (κ1) is 24.4. The third-order valence-corrected chi connectivity index (χ3v) is 5.86. The van der Waals surface area contributed by atoms with Crippen LogP contribution in [0.1, 0.15) is 6.23 Å². The second-order valence-electron chi connectivity index (χ2n) is 7.16. The maximum absolute atomic E-state index is 12.5. The zero-order valence-corrected chi connectivity index (χ0v) is 17.7. The van der Waals surface area contributed by atoms with Crippen molar-refractivity contribution in [1.82, 2.24) is 19.9 Å². The number of nitrogens with two attached hydrogens (primary N) is 2. The van der Waals surface area contributed by atoms with Gasteiger partial charge >= 0.3 is 11.7 Å². The van der Waals surface area contributed by atoms with Gasteiger partial charge in [-0.15, -0.1) is 11.8 Å². The topological polar surface area (TPSA) is 236 Å². The van der Waals surface area contributed by atoms with Gasteiger partial charge in [-0.3, -0.25) is 19.1 Å². The number of aliphatic carboxylic acids is 1. The zero-order valence-electron chi connectivity index (χ0n) is 16.9. The highest BCUT2D eigenvalue weighted by Gasteiger charge is 2.50. The first-order valence-corrected chi connectivity index (χ1v) is 10.5. The van der Waals surface area contributed by atoms with Crippen LogP contribution in [0.4, 0.5) is 5.69 Å². The molecule has 178 valence electrons. The normalized spacial score (nSPS) is 24.2. The van der Waals surface area contributed by atoms with Gasteiger partial charge in [-0.2, -0.15) is 0 Å². The molecule has 0 saturated carbocycles. The van der Waals surface area contributed by atoms with Crippen LogP contribution in [0.15, 0.2) is 45.2 Å². The Labute approximate surface area is 189 Å². The molecule has 0 radical (unpaired) electrons. The van der Waals surface area contributed by atoms with Crippen LogP contribution in [0.2, 0.25) is 0 Å². The van der Waals surface area contributed by atoms with Gasteiger partial charge in [0.05, 0.1) is 23.0 Å². The molecule has 9 N–H and O–H groups in total. The number of hydrogen-bond donors (Lipinski definition) is 7. The number of carboxylic acid groups (broad SMARTS) is 1. The molecular weight excluding hydrogens is 460 g/mol. The summed E-state index contributed by atoms with van der Waals surface area (Å²) < 4.78 is 6.20. The quantitative estimate of drug-likeness (QED) is 0.184. The highest BCUT2D eigenvalue weighted by Crippen LogP contribution is 2.30. The number of aliphatic hydroxyl groups excluding tert-OH is 2. The number of hydrogen-bond acceptors (Lipinski definition) is 11. The molecule has 0 aromatic carbocycles. The van der Waals surface area contributed by atoms with Gasteiger partial charge in [0.1, 0.15) is 18.3 Å². The van der Waals surface area contributed by atoms with Crippen LogP contribution in [0.3, 0.4) is 0 Å². The molecule has 0 bridgehead atoms. The van der Waals surface area contributed by atoms with Crippen molar-refractivity contribution in [2.45, 2.75) is 41.6 Å². The summed E-state index contributed by atoms with van der Waals surface area (Å²) in [5.41, 5.74) is 10.2. The molecule has 6 atom stereocenters. The summed E-state index contributed by atoms with van der Waals surface area (Å²) in [7, 11) is 0. The minimum atomic E-state index is -1.80. The van der Waals surface area contributed by atoms with E-state index in [9.17, 15) is 34.5 Å². The molecule has 1 aliphatic rings. The maximum Gasteiger partial charge on any atom is 0.330 e. The van der Waals surface area contributed by atoms with Gasteiger partial charge in [-0.05, 0) is 12.1 Å². The summed E-state index contributed by atoms with van der Waals surface area (Å²) in [6.07, 6.45) is -4.17. The third kappa shape index (κ3) is 5.58. The first-order chi connectivity index (χ1) is 15.6. The molecule has 2 aromatic heterocycles. The number of aromatic nitrogens is 3. The number of ether oxygens (including phenoxy) is 1. The lowest BCUT2D eigenvalue weighted by Crippen LogP contribution is -2.56. The van der Waals surface area contributed by atoms with Crippen molar-refractivity contribution in [3.05, 3.63) is 51.4 Å². The summed E-state index contributed by atoms with van der Waals surface area (Å²) in [5.74, 6) is -2.35. The largest absolute Gasteiger partial charge is 0.480 e. The number of nitrogen functional groups attached to an aromatic ring is 1. The SMILES string of the molecule is Nc1ccc(SC[C@H](N)C(=O)N[C@H](C(=O)O)[C@H]2O[C@@H](n3ccc(=O)[nH]c3=O)[C@H](O)[C@@H]2O)nc1. The Morgan fingerprint density at radius 3 is 2.61 bits per heavy atom. The van der Waals surface area contributed by atoms with Gasteiger partial charge in [0.2, 0.25) is 5.91 Å². The van der Waals surface area contributed by atoms with Gasteiger partial charge in [0.15, 0.2) is 12.3 Å². The Morgan fingerprint density at radius 1 is 1.27 bits per heavy atom. The highest BCUT2D eigenvalue weighted by atomic mass is 32.2. The number of H-pyrrole nitrogens is 1. The van der Waals surface area contributed by atoms with Gasteiger partial charge in [-0.1, -0.05) is 0 Å². The van der Waals surface area contributed by atoms with E-state index >= 15 is 0 Å². The molecule has 0 aliphatic carbocycles. The van der Waals surface area contributed by atoms with Crippen molar-refractivity contribution in [2.24, 2.45) is 5.73 Å². The Morgan fingerprint density at radius 2 is 2.00 bits per heavy atom. The number of nitrogens with one attached hydrogen (secondary N) is 2. The van der Waals surface area contributed by atoms with Gasteiger partial charge in [0.25, 0.3) is 5.56 Å². The number of amides is 1. The molecule has 1 saturated heterocycles. The number of carboxylic acids is 1. The summed E-state index contributed by atoms with van der Waals surface area (Å²) in [6.45, 7) is 0. The Hall–Kier alpha value is -3.24. The van der Waals surface area contributed by atoms with E-state index in [-0.39, 0.29) is 5.75 Å². The molecular formula is C18H22N6O8S. The lowest BCUT2D eigenvalue weighted by molar-refractivity contribution is -0.149. The molecule has 1 fully saturated rings. The summed E-state index contributed by atoms with van der Waals surface area (Å²) in [4.78, 5) is 53.5. The number of anilines is 1. The number of aromatic amines is 1. The second-order valence-corrected chi connectivity index (χ2v) is 8.20. The van der Waals surface area contributed by atoms with Crippen LogP contribution < -0.4 is 28.0 Å². The van der Waals surface area contributed by atoms with Crippen molar-refractivity contribution < 1.29 is 29.6 Å². The van der Waals surface area contributed by atoms with Crippen LogP contribution >= 0.6 is 11.8 Å². The van der Waals surface area contributed by atoms with Crippen LogP contribution in [0.5, 0.6) is 0 Å². The van der Waals surface area contributed by atoms with E-state index in [1.54, 1.807) is 12.1 Å². The smallest absolute Gasteiger partial charge is 0.330 e. The fraction of sp³-hybridized carbons (Fsp3) is 0.389. The van der Waals surface area contributed by atoms with Crippen molar-refractivity contribution >= 4 is 29.3 Å². The molecule has 1 amide bonds. The molecule has 3 rings (SSSR count). The first-order valence-electron chi connectivity index (χ1n) is 9.54. The second kappa shape index (κ2) is 10.1. The third-order valence-electron chi connectivity index (χ3n) is 4.80. The average Bonchev–Trinajstić information content (AvgIpc) is 3.05. The van der Waals surface area contributed by atoms with Crippen molar-refractivity contribution in [2.75, 3.05) is 11.5 Å². The monoisotopic (exact) mass is 482 g/mol. The maximum atomic E-state index is 12.5. The van der Waals surface area contributed by atoms with E-state index in [0.29, 0.717) is 10.7 Å². The minimum absolute atomic E-state index is 0.0567. The van der Waals surface area contributed by atoms with Gasteiger partial charge in [0, 0.05) is 18.0 Å². The van der Waals surface area contributed by atoms with E-state index < -0.39 is 59.7 Å². The fourth-order valence-corrected chi connectivity index (χ4v) is 3.88. The Kier molecular flexibility index (Phi) is 7.50. The predicted molar refractivity (Wildman–Crippen MR) is 114 cm³/mol. The Balaban J connectivity index is 1.69. The molecule has 33 heavy (non-hydrogen) atoms. The molecule has 1 aliphatic heterocycles. The lowest BCUT2D eigenvalue weighted by atomic mass is 10.0. The fourth-order valence-electron chi connectivity index (χ4n) is 3.09. The minimum Gasteiger partial charge on any atom is -0.480 e. The van der Waals surface area contributed by atoms with E-state index in [0.717, 1.165) is 28.6 Å². The average molecular weight is 482 g/mol. The highest BCUT2D eigenvalue weighted by molar-refractivity contribution is 7.99. The number of carbonyl (C=O) groups excluding carboxylic acids is 1. The van der Waals surface area contributed by atoms with Crippen LogP contribution in [0, 0.1) is 0 Å². The number of thioether (sulfide) groups is 1. The molecule has 15 heteroatoms. The zero-order chi connectivity index (χ0) is 24.3. The molecule has 2 aromatic rings. The predicted octanol–water partition coefficient (Wildman–Crippen LogP) is -3.18. The standard InChI is InChI=1S/C18H22N6O8S/c19-7-1-2-10(21-5-7)33-6-8(20)15(28)23-11(17(29)30)14-12(26)13(27)16(32-14)24-4-3-9(25)22-18(24)31/h1-5,8,11-14,16,26-27H,6,19-20H2,(H,23,28)(H,29,30)(H,22,25,31)/t8-,11-,12-,13+,14+,16+/m0/s1. The number of pyridine rings is 1. The molecule has 3 heterocycles. The van der Waals surface area contributed by atoms with E-state index in [1.165, 1.54) is 6.20 Å². The number of rotatable bonds is 8. The van der Waals surface area contributed by atoms with E-state index in [1.807, 2.05) is 4.98 Å². The van der Waals surface area contributed by atoms with Crippen LogP contribution in [-0.4, -0.2) is 77.9 Å². The summed E-state index contributed by atoms with van der Waals surface area (Å²) in [6, 6.07) is 1.30. The molecule has 14 nitrogen and oxygen atoms in total. The molecule has 0 spiro atoms. The lowest BCUT2D eigenvalue weighted by Gasteiger charge is -2.24. The summed E-state index contributed by atoms with van der Waals surface area (Å²) >= 11 is 1.15. The number of aliphatic hydroxyl groups is 2. The Bertz CT molecular complexity index is 1120. The number of nitrogens with zero attached hydrogens (tertiary/aromatic N) is 2. The van der Waals surface area contributed by atoms with E-state index in [2.05, 4.69) is 10.3 Å². The van der Waals surface area contributed by atoms with Crippen molar-refractivity contribution in [1.29, 1.82) is 0 Å². The summed E-state index contributed by atoms with van der Waals surface area (Å²) in [5, 5.41) is 33.0. The van der Waals surface area contributed by atoms with Crippen LogP contribution in [0.25, 0.3) is 0 Å². The van der Waals surface area contributed by atoms with E-state index in [4.69, 9.17) is 16.2 Å². The number of carbonyl (C=O) groups is 2. The van der Waals surface area contributed by atoms with Crippen molar-refractivity contribution in [3.8, 4) is 0 Å².